The highest BCUT2D eigenvalue weighted by atomic mass is 35.5. The van der Waals surface area contributed by atoms with Crippen molar-refractivity contribution >= 4 is 23.2 Å². The molecular formula is C18H26ClN3O3. The van der Waals surface area contributed by atoms with Crippen LogP contribution in [0.1, 0.15) is 26.7 Å². The topological polar surface area (TPSA) is 76.8 Å². The number of hydrogen-bond acceptors (Lipinski definition) is 5. The third-order valence-corrected chi connectivity index (χ3v) is 5.18. The highest BCUT2D eigenvalue weighted by Gasteiger charge is 2.34. The van der Waals surface area contributed by atoms with E-state index in [1.54, 1.807) is 12.1 Å². The van der Waals surface area contributed by atoms with Crippen LogP contribution < -0.4 is 20.5 Å². The number of carbonyl (C=O) groups is 1. The molecule has 3 rings (SSSR count). The van der Waals surface area contributed by atoms with Gasteiger partial charge < -0.3 is 20.5 Å². The van der Waals surface area contributed by atoms with Gasteiger partial charge in [0.2, 0.25) is 5.91 Å². The lowest BCUT2D eigenvalue weighted by atomic mass is 9.80. The predicted octanol–water partition coefficient (Wildman–Crippen LogP) is 2.50. The highest BCUT2D eigenvalue weighted by molar-refractivity contribution is 6.34. The van der Waals surface area contributed by atoms with Gasteiger partial charge in [0, 0.05) is 37.7 Å². The Balaban J connectivity index is 1.64. The maximum Gasteiger partial charge on any atom is 0.238 e. The Morgan fingerprint density at radius 2 is 2.04 bits per heavy atom. The number of hydrogen-bond donors (Lipinski definition) is 2. The molecule has 2 aliphatic rings. The molecule has 25 heavy (non-hydrogen) atoms. The zero-order chi connectivity index (χ0) is 18.0. The molecule has 6 nitrogen and oxygen atoms in total. The number of anilines is 1. The normalized spacial score (nSPS) is 23.0. The number of fused-ring (bicyclic) bond motifs is 1. The predicted molar refractivity (Wildman–Crippen MR) is 98.5 cm³/mol. The number of piperidine rings is 1. The van der Waals surface area contributed by atoms with Gasteiger partial charge in [-0.3, -0.25) is 9.69 Å². The molecule has 7 heteroatoms. The molecule has 1 aromatic carbocycles. The first kappa shape index (κ1) is 18.3. The Kier molecular flexibility index (Phi) is 5.41. The molecular weight excluding hydrogens is 342 g/mol. The van der Waals surface area contributed by atoms with E-state index in [1.807, 2.05) is 0 Å². The second-order valence-corrected chi connectivity index (χ2v) is 7.88. The number of carbonyl (C=O) groups excluding carboxylic acids is 1. The molecule has 0 saturated carbocycles. The quantitative estimate of drug-likeness (QED) is 0.858. The van der Waals surface area contributed by atoms with Crippen molar-refractivity contribution in [3.8, 4) is 11.5 Å². The summed E-state index contributed by atoms with van der Waals surface area (Å²) in [5, 5.41) is 3.33. The molecule has 0 aromatic heterocycles. The average Bonchev–Trinajstić information content (AvgIpc) is 2.76. The Hall–Kier alpha value is -1.50. The van der Waals surface area contributed by atoms with Gasteiger partial charge in [-0.15, -0.1) is 0 Å². The summed E-state index contributed by atoms with van der Waals surface area (Å²) in [5.41, 5.74) is 6.71. The minimum atomic E-state index is -0.0948. The van der Waals surface area contributed by atoms with Crippen molar-refractivity contribution in [3.63, 3.8) is 0 Å². The van der Waals surface area contributed by atoms with Crippen molar-refractivity contribution in [2.24, 2.45) is 11.1 Å². The second kappa shape index (κ2) is 7.40. The third-order valence-electron chi connectivity index (χ3n) is 4.87. The van der Waals surface area contributed by atoms with Crippen LogP contribution in [0.15, 0.2) is 12.1 Å². The van der Waals surface area contributed by atoms with E-state index in [9.17, 15) is 4.79 Å². The number of amides is 1. The van der Waals surface area contributed by atoms with E-state index in [0.29, 0.717) is 42.0 Å². The van der Waals surface area contributed by atoms with E-state index in [0.717, 1.165) is 25.9 Å². The van der Waals surface area contributed by atoms with Crippen molar-refractivity contribution in [3.05, 3.63) is 17.2 Å². The number of benzene rings is 1. The van der Waals surface area contributed by atoms with Gasteiger partial charge >= 0.3 is 0 Å². The third kappa shape index (κ3) is 4.37. The summed E-state index contributed by atoms with van der Waals surface area (Å²) in [6.45, 7) is 7.42. The summed E-state index contributed by atoms with van der Waals surface area (Å²) >= 11 is 6.29. The summed E-state index contributed by atoms with van der Waals surface area (Å²) in [4.78, 5) is 14.6. The van der Waals surface area contributed by atoms with Crippen LogP contribution in [0.2, 0.25) is 5.02 Å². The molecule has 1 fully saturated rings. The van der Waals surface area contributed by atoms with Crippen molar-refractivity contribution in [1.82, 2.24) is 4.90 Å². The maximum atomic E-state index is 12.4. The number of likely N-dealkylation sites (tertiary alicyclic amines) is 1. The van der Waals surface area contributed by atoms with Crippen LogP contribution in [0.25, 0.3) is 0 Å². The van der Waals surface area contributed by atoms with Gasteiger partial charge in [0.05, 0.1) is 30.5 Å². The van der Waals surface area contributed by atoms with Crippen LogP contribution in [-0.2, 0) is 4.79 Å². The molecule has 1 aromatic rings. The largest absolute Gasteiger partial charge is 0.490 e. The molecule has 2 heterocycles. The monoisotopic (exact) mass is 367 g/mol. The molecule has 0 spiro atoms. The van der Waals surface area contributed by atoms with Gasteiger partial charge in [0.1, 0.15) is 0 Å². The van der Waals surface area contributed by atoms with Crippen LogP contribution in [-0.4, -0.2) is 49.7 Å². The van der Waals surface area contributed by atoms with E-state index in [4.69, 9.17) is 26.8 Å². The Morgan fingerprint density at radius 1 is 1.36 bits per heavy atom. The average molecular weight is 368 g/mol. The lowest BCUT2D eigenvalue weighted by Gasteiger charge is -2.42. The van der Waals surface area contributed by atoms with E-state index in [2.05, 4.69) is 24.1 Å². The molecule has 1 amide bonds. The second-order valence-electron chi connectivity index (χ2n) is 7.47. The van der Waals surface area contributed by atoms with Crippen molar-refractivity contribution in [2.75, 3.05) is 38.2 Å². The highest BCUT2D eigenvalue weighted by Crippen LogP contribution is 2.37. The van der Waals surface area contributed by atoms with Crippen LogP contribution in [0.4, 0.5) is 5.69 Å². The molecule has 1 atom stereocenters. The van der Waals surface area contributed by atoms with Crippen LogP contribution in [0, 0.1) is 5.41 Å². The number of nitrogens with two attached hydrogens (primary N) is 1. The van der Waals surface area contributed by atoms with Gasteiger partial charge in [-0.2, -0.15) is 0 Å². The molecule has 0 radical (unpaired) electrons. The van der Waals surface area contributed by atoms with E-state index < -0.39 is 0 Å². The van der Waals surface area contributed by atoms with Crippen LogP contribution in [0.3, 0.4) is 0 Å². The number of nitrogens with one attached hydrogen (secondary N) is 1. The molecule has 2 aliphatic heterocycles. The number of nitrogens with zero attached hydrogens (tertiary/aromatic N) is 1. The van der Waals surface area contributed by atoms with Crippen LogP contribution in [0.5, 0.6) is 11.5 Å². The SMILES string of the molecule is CC1(C)CN(CC(=O)Nc2cc3c(cc2Cl)OCCCO3)CCC1N. The van der Waals surface area contributed by atoms with Gasteiger partial charge in [-0.25, -0.2) is 0 Å². The zero-order valence-corrected chi connectivity index (χ0v) is 15.6. The Labute approximate surface area is 153 Å². The first-order valence-electron chi connectivity index (χ1n) is 8.72. The summed E-state index contributed by atoms with van der Waals surface area (Å²) < 4.78 is 11.3. The van der Waals surface area contributed by atoms with Crippen molar-refractivity contribution in [2.45, 2.75) is 32.7 Å². The van der Waals surface area contributed by atoms with Crippen LogP contribution >= 0.6 is 11.6 Å². The van der Waals surface area contributed by atoms with Crippen molar-refractivity contribution in [1.29, 1.82) is 0 Å². The van der Waals surface area contributed by atoms with E-state index in [-0.39, 0.29) is 17.4 Å². The van der Waals surface area contributed by atoms with E-state index in [1.165, 1.54) is 0 Å². The summed E-state index contributed by atoms with van der Waals surface area (Å²) in [6.07, 6.45) is 1.71. The summed E-state index contributed by atoms with van der Waals surface area (Å²) in [6, 6.07) is 3.60. The number of halogens is 1. The maximum absolute atomic E-state index is 12.4. The van der Waals surface area contributed by atoms with Gasteiger partial charge in [0.25, 0.3) is 0 Å². The summed E-state index contributed by atoms with van der Waals surface area (Å²) in [5.74, 6) is 1.14. The lowest BCUT2D eigenvalue weighted by Crippen LogP contribution is -2.53. The fourth-order valence-electron chi connectivity index (χ4n) is 3.29. The fraction of sp³-hybridized carbons (Fsp3) is 0.611. The van der Waals surface area contributed by atoms with Gasteiger partial charge in [0.15, 0.2) is 11.5 Å². The Bertz CT molecular complexity index is 651. The van der Waals surface area contributed by atoms with Gasteiger partial charge in [-0.1, -0.05) is 25.4 Å². The first-order valence-corrected chi connectivity index (χ1v) is 9.10. The molecule has 0 bridgehead atoms. The molecule has 1 saturated heterocycles. The number of rotatable bonds is 3. The van der Waals surface area contributed by atoms with Gasteiger partial charge in [-0.05, 0) is 11.8 Å². The fourth-order valence-corrected chi connectivity index (χ4v) is 3.49. The molecule has 3 N–H and O–H groups in total. The summed E-state index contributed by atoms with van der Waals surface area (Å²) in [7, 11) is 0. The minimum absolute atomic E-state index is 0.00538. The molecule has 1 unspecified atom stereocenters. The first-order chi connectivity index (χ1) is 11.8. The molecule has 0 aliphatic carbocycles. The smallest absolute Gasteiger partial charge is 0.238 e. The standard InChI is InChI=1S/C18H26ClN3O3/c1-18(2)11-22(5-4-16(18)20)10-17(23)21-13-9-15-14(8-12(13)19)24-6-3-7-25-15/h8-9,16H,3-7,10-11,20H2,1-2H3,(H,21,23). The van der Waals surface area contributed by atoms with E-state index >= 15 is 0 Å². The zero-order valence-electron chi connectivity index (χ0n) is 14.8. The van der Waals surface area contributed by atoms with Crippen molar-refractivity contribution < 1.29 is 14.3 Å². The minimum Gasteiger partial charge on any atom is -0.490 e. The lowest BCUT2D eigenvalue weighted by molar-refractivity contribution is -0.118. The number of ether oxygens (including phenoxy) is 2. The molecule has 138 valence electrons. The Morgan fingerprint density at radius 3 is 2.72 bits per heavy atom.